The van der Waals surface area contributed by atoms with Crippen molar-refractivity contribution in [1.29, 1.82) is 0 Å². The van der Waals surface area contributed by atoms with Gasteiger partial charge in [-0.25, -0.2) is 0 Å². The van der Waals surface area contributed by atoms with Gasteiger partial charge < -0.3 is 14.8 Å². The Kier molecular flexibility index (Phi) is 9.17. The van der Waals surface area contributed by atoms with Crippen molar-refractivity contribution in [3.63, 3.8) is 0 Å². The predicted molar refractivity (Wildman–Crippen MR) is 157 cm³/mol. The van der Waals surface area contributed by atoms with E-state index in [9.17, 15) is 14.4 Å². The summed E-state index contributed by atoms with van der Waals surface area (Å²) in [7, 11) is 1.48. The molecule has 1 fully saturated rings. The van der Waals surface area contributed by atoms with Gasteiger partial charge in [0.1, 0.15) is 0 Å². The van der Waals surface area contributed by atoms with Crippen LogP contribution in [0.3, 0.4) is 0 Å². The van der Waals surface area contributed by atoms with Crippen molar-refractivity contribution in [2.45, 2.75) is 6.54 Å². The van der Waals surface area contributed by atoms with Gasteiger partial charge in [-0.3, -0.25) is 19.3 Å². The third-order valence-corrected chi connectivity index (χ3v) is 8.03. The highest BCUT2D eigenvalue weighted by Crippen LogP contribution is 2.35. The normalized spacial score (nSPS) is 14.3. The summed E-state index contributed by atoms with van der Waals surface area (Å²) in [5.41, 5.74) is 2.07. The number of benzene rings is 3. The van der Waals surface area contributed by atoms with E-state index in [4.69, 9.17) is 21.1 Å². The Hall–Kier alpha value is -2.54. The van der Waals surface area contributed by atoms with Gasteiger partial charge in [-0.2, -0.15) is 0 Å². The van der Waals surface area contributed by atoms with Crippen molar-refractivity contribution in [2.75, 3.05) is 19.0 Å². The number of halogens is 3. The molecule has 1 saturated heterocycles. The van der Waals surface area contributed by atoms with E-state index in [1.165, 1.54) is 12.0 Å². The van der Waals surface area contributed by atoms with Crippen molar-refractivity contribution < 1.29 is 23.9 Å². The maximum Gasteiger partial charge on any atom is 0.293 e. The Morgan fingerprint density at radius 3 is 2.57 bits per heavy atom. The zero-order valence-electron chi connectivity index (χ0n) is 19.3. The Morgan fingerprint density at radius 1 is 1.11 bits per heavy atom. The molecule has 0 aliphatic carbocycles. The van der Waals surface area contributed by atoms with Gasteiger partial charge in [0.15, 0.2) is 18.1 Å². The molecular formula is C26H19BrClIN2O5S. The molecule has 3 aromatic carbocycles. The highest BCUT2D eigenvalue weighted by atomic mass is 127. The third kappa shape index (κ3) is 7.07. The molecule has 1 aliphatic rings. The molecule has 190 valence electrons. The molecular weight excluding hydrogens is 695 g/mol. The van der Waals surface area contributed by atoms with Crippen LogP contribution in [0.2, 0.25) is 5.02 Å². The fourth-order valence-electron chi connectivity index (χ4n) is 3.37. The first-order valence-corrected chi connectivity index (χ1v) is 13.9. The Bertz CT molecular complexity index is 1400. The number of hydrogen-bond donors (Lipinski definition) is 1. The third-order valence-electron chi connectivity index (χ3n) is 5.18. The SMILES string of the molecule is COc1cc(/C=C2\SC(=O)N(Cc3ccc(I)cc3)C2=O)ccc1OCC(=O)Nc1ccc(Br)c(Cl)c1. The minimum atomic E-state index is -0.369. The molecule has 1 N–H and O–H groups in total. The number of methoxy groups -OCH3 is 1. The minimum Gasteiger partial charge on any atom is -0.493 e. The van der Waals surface area contributed by atoms with E-state index in [2.05, 4.69) is 43.8 Å². The average Bonchev–Trinajstić information content (AvgIpc) is 3.13. The predicted octanol–water partition coefficient (Wildman–Crippen LogP) is 6.97. The largest absolute Gasteiger partial charge is 0.493 e. The van der Waals surface area contributed by atoms with Crippen LogP contribution in [0.5, 0.6) is 11.5 Å². The van der Waals surface area contributed by atoms with Gasteiger partial charge in [-0.15, -0.1) is 0 Å². The average molecular weight is 714 g/mol. The van der Waals surface area contributed by atoms with E-state index >= 15 is 0 Å². The number of ether oxygens (including phenoxy) is 2. The van der Waals surface area contributed by atoms with Crippen LogP contribution < -0.4 is 14.8 Å². The molecule has 7 nitrogen and oxygen atoms in total. The number of carbonyl (C=O) groups excluding carboxylic acids is 3. The maximum absolute atomic E-state index is 12.9. The second-order valence-corrected chi connectivity index (χ2v) is 11.3. The summed E-state index contributed by atoms with van der Waals surface area (Å²) in [6, 6.07) is 17.8. The molecule has 11 heteroatoms. The summed E-state index contributed by atoms with van der Waals surface area (Å²) >= 11 is 12.5. The topological polar surface area (TPSA) is 84.9 Å². The molecule has 0 atom stereocenters. The van der Waals surface area contributed by atoms with E-state index in [-0.39, 0.29) is 30.2 Å². The number of hydrogen-bond acceptors (Lipinski definition) is 6. The van der Waals surface area contributed by atoms with E-state index < -0.39 is 0 Å². The smallest absolute Gasteiger partial charge is 0.293 e. The molecule has 4 rings (SSSR count). The summed E-state index contributed by atoms with van der Waals surface area (Å²) in [5.74, 6) is 0.0192. The first kappa shape index (κ1) is 27.5. The lowest BCUT2D eigenvalue weighted by molar-refractivity contribution is -0.123. The second kappa shape index (κ2) is 12.3. The quantitative estimate of drug-likeness (QED) is 0.201. The first-order chi connectivity index (χ1) is 17.7. The number of imide groups is 1. The van der Waals surface area contributed by atoms with Gasteiger partial charge in [0.2, 0.25) is 0 Å². The molecule has 1 heterocycles. The number of anilines is 1. The molecule has 3 amide bonds. The zero-order chi connectivity index (χ0) is 26.5. The van der Waals surface area contributed by atoms with Crippen molar-refractivity contribution in [2.24, 2.45) is 0 Å². The Balaban J connectivity index is 1.41. The number of thioether (sulfide) groups is 1. The lowest BCUT2D eigenvalue weighted by Gasteiger charge is -2.13. The number of carbonyl (C=O) groups is 3. The van der Waals surface area contributed by atoms with E-state index in [0.29, 0.717) is 32.7 Å². The van der Waals surface area contributed by atoms with Crippen LogP contribution in [0.15, 0.2) is 70.0 Å². The van der Waals surface area contributed by atoms with Crippen LogP contribution in [0.4, 0.5) is 10.5 Å². The zero-order valence-corrected chi connectivity index (χ0v) is 24.6. The Labute approximate surface area is 244 Å². The van der Waals surface area contributed by atoms with Crippen molar-refractivity contribution in [3.8, 4) is 11.5 Å². The number of amides is 3. The molecule has 37 heavy (non-hydrogen) atoms. The van der Waals surface area contributed by atoms with Crippen LogP contribution in [0, 0.1) is 3.57 Å². The molecule has 1 aliphatic heterocycles. The highest BCUT2D eigenvalue weighted by molar-refractivity contribution is 14.1. The molecule has 0 saturated carbocycles. The Morgan fingerprint density at radius 2 is 1.86 bits per heavy atom. The van der Waals surface area contributed by atoms with Crippen LogP contribution in [-0.2, 0) is 16.1 Å². The summed E-state index contributed by atoms with van der Waals surface area (Å²) in [5, 5.41) is 2.87. The van der Waals surface area contributed by atoms with Gasteiger partial charge >= 0.3 is 0 Å². The molecule has 0 radical (unpaired) electrons. The highest BCUT2D eigenvalue weighted by Gasteiger charge is 2.35. The summed E-state index contributed by atoms with van der Waals surface area (Å²) < 4.78 is 12.8. The van der Waals surface area contributed by atoms with E-state index in [1.54, 1.807) is 42.5 Å². The van der Waals surface area contributed by atoms with Gasteiger partial charge in [0, 0.05) is 13.7 Å². The number of rotatable bonds is 8. The van der Waals surface area contributed by atoms with Gasteiger partial charge in [0.05, 0.1) is 23.6 Å². The summed E-state index contributed by atoms with van der Waals surface area (Å²) in [6.45, 7) is -0.0373. The molecule has 0 bridgehead atoms. The van der Waals surface area contributed by atoms with Crippen LogP contribution in [0.25, 0.3) is 6.08 Å². The summed E-state index contributed by atoms with van der Waals surface area (Å²) in [4.78, 5) is 39.2. The second-order valence-electron chi connectivity index (χ2n) is 7.77. The van der Waals surface area contributed by atoms with Crippen LogP contribution >= 0.6 is 61.9 Å². The van der Waals surface area contributed by atoms with Gasteiger partial charge in [-0.1, -0.05) is 29.8 Å². The first-order valence-electron chi connectivity index (χ1n) is 10.8. The van der Waals surface area contributed by atoms with Crippen molar-refractivity contribution >= 4 is 90.7 Å². The fourth-order valence-corrected chi connectivity index (χ4v) is 4.99. The molecule has 3 aromatic rings. The summed E-state index contributed by atoms with van der Waals surface area (Å²) in [6.07, 6.45) is 1.63. The molecule has 0 aromatic heterocycles. The van der Waals surface area contributed by atoms with Gasteiger partial charge in [-0.05, 0) is 110 Å². The van der Waals surface area contributed by atoms with Crippen LogP contribution in [0.1, 0.15) is 11.1 Å². The lowest BCUT2D eigenvalue weighted by Crippen LogP contribution is -2.27. The van der Waals surface area contributed by atoms with E-state index in [0.717, 1.165) is 25.4 Å². The number of nitrogens with zero attached hydrogens (tertiary/aromatic N) is 1. The number of nitrogens with one attached hydrogen (secondary N) is 1. The van der Waals surface area contributed by atoms with Gasteiger partial charge in [0.25, 0.3) is 17.1 Å². The molecule has 0 spiro atoms. The van der Waals surface area contributed by atoms with Crippen molar-refractivity contribution in [1.82, 2.24) is 4.90 Å². The molecule has 0 unspecified atom stereocenters. The maximum atomic E-state index is 12.9. The minimum absolute atomic E-state index is 0.212. The fraction of sp³-hybridized carbons (Fsp3) is 0.115. The van der Waals surface area contributed by atoms with E-state index in [1.807, 2.05) is 24.3 Å². The van der Waals surface area contributed by atoms with Crippen LogP contribution in [-0.4, -0.2) is 35.7 Å². The lowest BCUT2D eigenvalue weighted by atomic mass is 10.1. The van der Waals surface area contributed by atoms with Crippen molar-refractivity contribution in [3.05, 3.63) is 89.8 Å². The standard InChI is InChI=1S/C26H19BrClIN2O5S/c1-35-22-10-16(4-9-21(22)36-14-24(32)30-18-7-8-19(27)20(28)12-18)11-23-25(33)31(26(34)37-23)13-15-2-5-17(29)6-3-15/h2-12H,13-14H2,1H3,(H,30,32)/b23-11-. The monoisotopic (exact) mass is 712 g/mol.